The van der Waals surface area contributed by atoms with Crippen LogP contribution in [0.25, 0.3) is 0 Å². The van der Waals surface area contributed by atoms with Crippen molar-refractivity contribution in [3.05, 3.63) is 85.1 Å². The van der Waals surface area contributed by atoms with Crippen LogP contribution in [0.1, 0.15) is 605 Å². The van der Waals surface area contributed by atoms with Gasteiger partial charge in [-0.15, -0.1) is 0 Å². The fourth-order valence-electron chi connectivity index (χ4n) is 5.41. The summed E-state index contributed by atoms with van der Waals surface area (Å²) < 4.78 is 0. The molecule has 0 aliphatic carbocycles. The second kappa shape index (κ2) is 271. The molecule has 0 atom stereocenters. The van der Waals surface area contributed by atoms with E-state index in [2.05, 4.69) is 180 Å². The summed E-state index contributed by atoms with van der Waals surface area (Å²) in [6.07, 6.45) is 97.3. The van der Waals surface area contributed by atoms with E-state index in [1.807, 2.05) is 182 Å². The van der Waals surface area contributed by atoms with Gasteiger partial charge >= 0.3 is 0 Å². The lowest BCUT2D eigenvalue weighted by molar-refractivity contribution is 0.656. The van der Waals surface area contributed by atoms with Crippen molar-refractivity contribution in [2.75, 3.05) is 0 Å². The Morgan fingerprint density at radius 1 is 0.0857 bits per heavy atom. The third kappa shape index (κ3) is 576. The minimum absolute atomic E-state index is 0. The highest BCUT2D eigenvalue weighted by Crippen LogP contribution is 2.05. The molecule has 0 rings (SSSR count). The fourth-order valence-corrected chi connectivity index (χ4v) is 5.41. The number of hydrogen-bond donors (Lipinski definition) is 0. The zero-order valence-electron chi connectivity index (χ0n) is 83.4. The van der Waals surface area contributed by atoms with Crippen molar-refractivity contribution in [3.63, 3.8) is 0 Å². The highest BCUT2D eigenvalue weighted by Gasteiger charge is 1.85. The van der Waals surface area contributed by atoms with Crippen molar-refractivity contribution < 1.29 is 0 Å². The van der Waals surface area contributed by atoms with Crippen molar-refractivity contribution in [2.45, 2.75) is 605 Å². The predicted octanol–water partition coefficient (Wildman–Crippen LogP) is 44.6. The molecule has 658 valence electrons. The minimum Gasteiger partial charge on any atom is -0.0919 e. The van der Waals surface area contributed by atoms with Crippen LogP contribution >= 0.6 is 0 Å². The Morgan fingerprint density at radius 2 is 0.133 bits per heavy atom. The van der Waals surface area contributed by atoms with Gasteiger partial charge in [0.05, 0.1) is 0 Å². The first-order valence-corrected chi connectivity index (χ1v) is 47.3. The van der Waals surface area contributed by atoms with Crippen LogP contribution in [-0.4, -0.2) is 0 Å². The van der Waals surface area contributed by atoms with Crippen molar-refractivity contribution in [3.8, 4) is 0 Å². The second-order valence-electron chi connectivity index (χ2n) is 26.2. The number of allylic oxidation sites excluding steroid dienone is 14. The molecule has 0 unspecified atom stereocenters. The Hall–Kier alpha value is -1.82. The number of rotatable bonds is 37. The van der Waals surface area contributed by atoms with Gasteiger partial charge in [0.2, 0.25) is 0 Å². The molecule has 0 heteroatoms. The fraction of sp³-hybridized carbons (Fsp3) is 0.867. The van der Waals surface area contributed by atoms with E-state index in [1.165, 1.54) is 321 Å². The van der Waals surface area contributed by atoms with Gasteiger partial charge in [-0.05, 0) is 96.9 Å². The lowest BCUT2D eigenvalue weighted by Gasteiger charge is -1.90. The third-order valence-corrected chi connectivity index (χ3v) is 14.5. The SMILES string of the molecule is C.C/C=C\C.C/C=C\C.C/C=C\C.C/C=C\C.C/C=C\C.C/C=C\C.C/C=C\C.CCCC.CCCC.CCCC.CCCC.CCCC.CCCCCCC.CCCCCCC.CCCCCCC.CCCCCCC.CCCCCCC.CCCCCCC.CCCCCCC.CCCCCCC. The van der Waals surface area contributed by atoms with Crippen LogP contribution in [0.15, 0.2) is 85.1 Å². The Labute approximate surface area is 686 Å². The van der Waals surface area contributed by atoms with E-state index in [9.17, 15) is 0 Å². The summed E-state index contributed by atoms with van der Waals surface area (Å²) in [5.41, 5.74) is 0. The zero-order valence-corrected chi connectivity index (χ0v) is 83.4. The molecular formula is C105H238. The highest BCUT2D eigenvalue weighted by molar-refractivity contribution is 4.71. The van der Waals surface area contributed by atoms with Crippen molar-refractivity contribution in [1.29, 1.82) is 0 Å². The molecule has 0 bridgehead atoms. The van der Waals surface area contributed by atoms with Crippen LogP contribution in [0.4, 0.5) is 0 Å². The van der Waals surface area contributed by atoms with Crippen molar-refractivity contribution in [2.24, 2.45) is 0 Å². The molecule has 0 aliphatic rings. The van der Waals surface area contributed by atoms with Crippen LogP contribution < -0.4 is 0 Å². The first kappa shape index (κ1) is 160. The van der Waals surface area contributed by atoms with Gasteiger partial charge < -0.3 is 0 Å². The maximum atomic E-state index is 2.25. The summed E-state index contributed by atoms with van der Waals surface area (Å²) >= 11 is 0. The van der Waals surface area contributed by atoms with E-state index in [4.69, 9.17) is 0 Å². The van der Waals surface area contributed by atoms with Crippen LogP contribution in [0, 0.1) is 0 Å². The predicted molar refractivity (Wildman–Crippen MR) is 529 cm³/mol. The van der Waals surface area contributed by atoms with E-state index in [0.29, 0.717) is 0 Å². The Kier molecular flexibility index (Phi) is 411. The molecule has 0 fully saturated rings. The van der Waals surface area contributed by atoms with Crippen LogP contribution in [0.2, 0.25) is 0 Å². The van der Waals surface area contributed by atoms with Gasteiger partial charge in [0.1, 0.15) is 0 Å². The summed E-state index contributed by atoms with van der Waals surface area (Å²) in [5.74, 6) is 0. The van der Waals surface area contributed by atoms with E-state index in [0.717, 1.165) is 0 Å². The van der Waals surface area contributed by atoms with Gasteiger partial charge in [-0.1, -0.05) is 594 Å². The molecule has 0 aliphatic heterocycles. The molecule has 0 amide bonds. The Morgan fingerprint density at radius 3 is 0.152 bits per heavy atom. The first-order chi connectivity index (χ1) is 50.3. The zero-order chi connectivity index (χ0) is 85.3. The smallest absolute Gasteiger partial charge is 0.0470 e. The van der Waals surface area contributed by atoms with Gasteiger partial charge in [0, 0.05) is 0 Å². The van der Waals surface area contributed by atoms with Gasteiger partial charge in [-0.2, -0.15) is 0 Å². The normalized spacial score (nSPS) is 8.99. The van der Waals surface area contributed by atoms with Gasteiger partial charge in [-0.3, -0.25) is 0 Å². The molecule has 0 nitrogen and oxygen atoms in total. The molecule has 0 saturated carbocycles. The molecule has 0 heterocycles. The summed E-state index contributed by atoms with van der Waals surface area (Å²) in [6.45, 7) is 85.7. The number of hydrogen-bond acceptors (Lipinski definition) is 0. The highest BCUT2D eigenvalue weighted by atomic mass is 13.9. The minimum atomic E-state index is 0. The Balaban J connectivity index is -0.0000000374. The molecule has 0 spiro atoms. The molecule has 0 aromatic rings. The molecule has 0 N–H and O–H groups in total. The molecule has 0 aromatic heterocycles. The largest absolute Gasteiger partial charge is 0.0919 e. The van der Waals surface area contributed by atoms with Gasteiger partial charge in [0.25, 0.3) is 0 Å². The molecule has 0 aromatic carbocycles. The summed E-state index contributed by atoms with van der Waals surface area (Å²) in [4.78, 5) is 0. The lowest BCUT2D eigenvalue weighted by atomic mass is 10.2. The standard InChI is InChI=1S/8C7H16.5C4H10.7C4H8.CH4/c8*1-3-5-7-6-4-2;12*1-3-4-2;/h8*3-7H2,1-2H3;5*3-4H2,1-2H3;7*3-4H,1-2H3;1H4/b;;;;;;;;;;;;;7*4-3-;. The van der Waals surface area contributed by atoms with E-state index < -0.39 is 0 Å². The summed E-state index contributed by atoms with van der Waals surface area (Å²) in [7, 11) is 0. The van der Waals surface area contributed by atoms with Crippen molar-refractivity contribution in [1.82, 2.24) is 0 Å². The van der Waals surface area contributed by atoms with Crippen LogP contribution in [0.3, 0.4) is 0 Å². The van der Waals surface area contributed by atoms with E-state index in [1.54, 1.807) is 0 Å². The van der Waals surface area contributed by atoms with Gasteiger partial charge in [-0.25, -0.2) is 0 Å². The average Bonchev–Trinajstić information content (AvgIpc) is 3.71. The van der Waals surface area contributed by atoms with E-state index >= 15 is 0 Å². The van der Waals surface area contributed by atoms with E-state index in [-0.39, 0.29) is 7.43 Å². The lowest BCUT2D eigenvalue weighted by Crippen LogP contribution is -1.70. The molecule has 0 saturated heterocycles. The number of unbranched alkanes of at least 4 members (excludes halogenated alkanes) is 37. The van der Waals surface area contributed by atoms with Crippen LogP contribution in [0.5, 0.6) is 0 Å². The molecule has 105 heavy (non-hydrogen) atoms. The summed E-state index contributed by atoms with van der Waals surface area (Å²) in [5, 5.41) is 0. The molecular weight excluding hydrogens is 1260 g/mol. The summed E-state index contributed by atoms with van der Waals surface area (Å²) in [6, 6.07) is 0. The van der Waals surface area contributed by atoms with Gasteiger partial charge in [0.15, 0.2) is 0 Å². The van der Waals surface area contributed by atoms with Crippen LogP contribution in [-0.2, 0) is 0 Å². The third-order valence-electron chi connectivity index (χ3n) is 14.5. The maximum absolute atomic E-state index is 2.25. The Bertz CT molecular complexity index is 750. The van der Waals surface area contributed by atoms with Crippen molar-refractivity contribution >= 4 is 0 Å². The first-order valence-electron chi connectivity index (χ1n) is 47.3. The maximum Gasteiger partial charge on any atom is -0.0470 e. The average molecular weight is 1500 g/mol. The quantitative estimate of drug-likeness (QED) is 0.0430. The monoisotopic (exact) mass is 1500 g/mol. The second-order valence-corrected chi connectivity index (χ2v) is 26.2. The molecule has 0 radical (unpaired) electrons. The topological polar surface area (TPSA) is 0 Å².